The van der Waals surface area contributed by atoms with E-state index in [9.17, 15) is 0 Å². The Labute approximate surface area is 302 Å². The van der Waals surface area contributed by atoms with Crippen molar-refractivity contribution in [3.63, 3.8) is 0 Å². The highest BCUT2D eigenvalue weighted by atomic mass is 15.1. The first kappa shape index (κ1) is 44.4. The van der Waals surface area contributed by atoms with Crippen molar-refractivity contribution in [3.05, 3.63) is 205 Å². The Hall–Kier alpha value is -4.62. The molecule has 0 amide bonds. The molecule has 1 aliphatic heterocycles. The third-order valence-corrected chi connectivity index (χ3v) is 7.42. The quantitative estimate of drug-likeness (QED) is 0.189. The van der Waals surface area contributed by atoms with Crippen LogP contribution in [0.1, 0.15) is 85.6 Å². The molecule has 0 aromatic heterocycles. The molecule has 0 saturated heterocycles. The summed E-state index contributed by atoms with van der Waals surface area (Å²) in [6.45, 7) is 35.4. The molecular formula is C48H65N. The van der Waals surface area contributed by atoms with Crippen LogP contribution in [-0.4, -0.2) is 11.4 Å². The summed E-state index contributed by atoms with van der Waals surface area (Å²) in [5.74, 6) is 0. The van der Waals surface area contributed by atoms with E-state index < -0.39 is 0 Å². The second-order valence-corrected chi connectivity index (χ2v) is 11.8. The first-order valence-corrected chi connectivity index (χ1v) is 17.7. The minimum atomic E-state index is 0.813. The summed E-state index contributed by atoms with van der Waals surface area (Å²) in [5, 5.41) is 0. The van der Waals surface area contributed by atoms with Gasteiger partial charge in [0.15, 0.2) is 0 Å². The van der Waals surface area contributed by atoms with Crippen LogP contribution in [0.3, 0.4) is 0 Å². The van der Waals surface area contributed by atoms with Gasteiger partial charge < -0.3 is 4.90 Å². The number of hydrogen-bond donors (Lipinski definition) is 0. The van der Waals surface area contributed by atoms with Crippen molar-refractivity contribution in [2.75, 3.05) is 6.54 Å². The van der Waals surface area contributed by atoms with Gasteiger partial charge in [0, 0.05) is 17.9 Å². The minimum Gasteiger partial charge on any atom is -0.345 e. The van der Waals surface area contributed by atoms with Gasteiger partial charge in [0.25, 0.3) is 0 Å². The van der Waals surface area contributed by atoms with Gasteiger partial charge in [0.05, 0.1) is 0 Å². The SMILES string of the molecule is C=C/C=C\C(C)=C/C.C=C/C=C\C=C/CN1C(=C)CC/C=C\C/C2=C\1CC/C=C\C(C/C(C)=C\C(=C)C)=C/C2=C.CC.Cc1ccccc1. The van der Waals surface area contributed by atoms with Crippen LogP contribution in [0.15, 0.2) is 199 Å². The fourth-order valence-electron chi connectivity index (χ4n) is 4.97. The van der Waals surface area contributed by atoms with E-state index in [1.165, 1.54) is 39.2 Å². The summed E-state index contributed by atoms with van der Waals surface area (Å²) in [4.78, 5) is 2.41. The second kappa shape index (κ2) is 28.4. The summed E-state index contributed by atoms with van der Waals surface area (Å²) in [5.41, 5.74) is 11.2. The average Bonchev–Trinajstić information content (AvgIpc) is 3.20. The maximum atomic E-state index is 4.51. The summed E-state index contributed by atoms with van der Waals surface area (Å²) in [6.07, 6.45) is 37.2. The molecule has 0 saturated carbocycles. The third-order valence-electron chi connectivity index (χ3n) is 7.42. The smallest absolute Gasteiger partial charge is 0.0408 e. The van der Waals surface area contributed by atoms with Crippen LogP contribution in [0.2, 0.25) is 0 Å². The summed E-state index contributed by atoms with van der Waals surface area (Å²) in [7, 11) is 0. The van der Waals surface area contributed by atoms with Crippen molar-refractivity contribution in [1.82, 2.24) is 4.90 Å². The van der Waals surface area contributed by atoms with Crippen LogP contribution in [0, 0.1) is 6.92 Å². The summed E-state index contributed by atoms with van der Waals surface area (Å²) >= 11 is 0. The number of hydrogen-bond acceptors (Lipinski definition) is 1. The molecule has 0 bridgehead atoms. The number of rotatable bonds is 9. The zero-order chi connectivity index (χ0) is 36.9. The molecular weight excluding hydrogens is 591 g/mol. The van der Waals surface area contributed by atoms with Gasteiger partial charge in [-0.1, -0.05) is 190 Å². The van der Waals surface area contributed by atoms with E-state index >= 15 is 0 Å². The van der Waals surface area contributed by atoms with Gasteiger partial charge in [-0.3, -0.25) is 0 Å². The first-order valence-electron chi connectivity index (χ1n) is 17.7. The van der Waals surface area contributed by atoms with Crippen molar-refractivity contribution in [2.24, 2.45) is 0 Å². The zero-order valence-electron chi connectivity index (χ0n) is 32.0. The van der Waals surface area contributed by atoms with Crippen molar-refractivity contribution < 1.29 is 0 Å². The Kier molecular flexibility index (Phi) is 25.7. The Morgan fingerprint density at radius 3 is 2.12 bits per heavy atom. The highest BCUT2D eigenvalue weighted by molar-refractivity contribution is 5.47. The molecule has 3 rings (SSSR count). The Balaban J connectivity index is 0.00000110. The third kappa shape index (κ3) is 21.1. The highest BCUT2D eigenvalue weighted by Crippen LogP contribution is 2.33. The molecule has 1 aliphatic carbocycles. The van der Waals surface area contributed by atoms with E-state index in [0.717, 1.165) is 56.2 Å². The minimum absolute atomic E-state index is 0.813. The van der Waals surface area contributed by atoms with Crippen LogP contribution >= 0.6 is 0 Å². The lowest BCUT2D eigenvalue weighted by molar-refractivity contribution is 0.432. The van der Waals surface area contributed by atoms with E-state index in [4.69, 9.17) is 0 Å². The monoisotopic (exact) mass is 656 g/mol. The summed E-state index contributed by atoms with van der Waals surface area (Å²) < 4.78 is 0. The van der Waals surface area contributed by atoms with Gasteiger partial charge in [0.1, 0.15) is 0 Å². The molecule has 1 heteroatoms. The number of allylic oxidation sites excluding steroid dienone is 22. The van der Waals surface area contributed by atoms with Gasteiger partial charge >= 0.3 is 0 Å². The van der Waals surface area contributed by atoms with E-state index in [0.29, 0.717) is 0 Å². The van der Waals surface area contributed by atoms with E-state index in [1.807, 2.05) is 70.2 Å². The van der Waals surface area contributed by atoms with Gasteiger partial charge in [0.2, 0.25) is 0 Å². The second-order valence-electron chi connectivity index (χ2n) is 11.8. The molecule has 0 fully saturated rings. The van der Waals surface area contributed by atoms with Crippen molar-refractivity contribution in [3.8, 4) is 0 Å². The molecule has 0 atom stereocenters. The van der Waals surface area contributed by atoms with Crippen LogP contribution in [0.5, 0.6) is 0 Å². The van der Waals surface area contributed by atoms with E-state index in [2.05, 4.69) is 125 Å². The van der Waals surface area contributed by atoms with Crippen LogP contribution < -0.4 is 0 Å². The molecule has 1 aromatic carbocycles. The van der Waals surface area contributed by atoms with Crippen molar-refractivity contribution in [1.29, 1.82) is 0 Å². The molecule has 0 spiro atoms. The Morgan fingerprint density at radius 1 is 0.857 bits per heavy atom. The highest BCUT2D eigenvalue weighted by Gasteiger charge is 2.19. The molecule has 1 aromatic rings. The van der Waals surface area contributed by atoms with Gasteiger partial charge in [-0.05, 0) is 89.9 Å². The Morgan fingerprint density at radius 2 is 1.53 bits per heavy atom. The molecule has 1 heterocycles. The fraction of sp³-hybridized carbons (Fsp3) is 0.292. The van der Waals surface area contributed by atoms with Gasteiger partial charge in [-0.25, -0.2) is 0 Å². The maximum absolute atomic E-state index is 4.51. The Bertz CT molecular complexity index is 1450. The van der Waals surface area contributed by atoms with Crippen LogP contribution in [0.4, 0.5) is 0 Å². The van der Waals surface area contributed by atoms with Gasteiger partial charge in [-0.2, -0.15) is 0 Å². The van der Waals surface area contributed by atoms with Crippen LogP contribution in [0.25, 0.3) is 0 Å². The molecule has 262 valence electrons. The molecule has 2 aliphatic rings. The number of benzene rings is 1. The largest absolute Gasteiger partial charge is 0.345 e. The maximum Gasteiger partial charge on any atom is 0.0408 e. The standard InChI is InChI=1S/C31H39N.C8H12.C7H8.C2H6/c1-7-8-9-10-16-21-32-28(6)17-12-11-13-19-30-27(5)24-29(18-14-15-20-31(30)32)23-26(4)22-25(2)3;1-4-6-7-8(3)5-2;1-7-5-3-2-4-6-7;1-2/h7-11,13-14,16,18,22,24H,1-2,5-6,12,15,17,19-21,23H2,3-4H3;4-7H,1H2,2-3H3;2-6H,1H3;1-2H3/b9-8-,13-11-,16-10-,18-14-,26-22-,29-24+,31-30+;7-6-,8-5-;;. The van der Waals surface area contributed by atoms with Gasteiger partial charge in [-0.15, -0.1) is 0 Å². The van der Waals surface area contributed by atoms with Crippen molar-refractivity contribution in [2.45, 2.75) is 87.0 Å². The van der Waals surface area contributed by atoms with Crippen LogP contribution in [-0.2, 0) is 0 Å². The summed E-state index contributed by atoms with van der Waals surface area (Å²) in [6, 6.07) is 10.3. The lowest BCUT2D eigenvalue weighted by atomic mass is 9.95. The molecule has 0 radical (unpaired) electrons. The normalized spacial score (nSPS) is 19.4. The van der Waals surface area contributed by atoms with E-state index in [-0.39, 0.29) is 0 Å². The zero-order valence-corrected chi connectivity index (χ0v) is 32.0. The molecule has 0 unspecified atom stereocenters. The van der Waals surface area contributed by atoms with E-state index in [1.54, 1.807) is 12.2 Å². The molecule has 49 heavy (non-hydrogen) atoms. The number of nitrogens with zero attached hydrogens (tertiary/aromatic N) is 1. The first-order chi connectivity index (χ1) is 23.6. The fourth-order valence-corrected chi connectivity index (χ4v) is 4.97. The molecule has 0 N–H and O–H groups in total. The average molecular weight is 656 g/mol. The predicted molar refractivity (Wildman–Crippen MR) is 224 cm³/mol. The predicted octanol–water partition coefficient (Wildman–Crippen LogP) is 14.6. The lowest BCUT2D eigenvalue weighted by Crippen LogP contribution is -2.24. The number of aryl methyl sites for hydroxylation is 1. The lowest BCUT2D eigenvalue weighted by Gasteiger charge is -2.30. The van der Waals surface area contributed by atoms with Crippen molar-refractivity contribution >= 4 is 0 Å². The topological polar surface area (TPSA) is 3.24 Å². The molecule has 1 nitrogen and oxygen atoms in total.